The fourth-order valence-electron chi connectivity index (χ4n) is 2.17. The SMILES string of the molecule is CCN(CC)C(=O)CN(C)CC(=O)Nc1ccc(I)cc1C. The second-order valence-corrected chi connectivity index (χ2v) is 6.49. The Labute approximate surface area is 146 Å². The quantitative estimate of drug-likeness (QED) is 0.694. The van der Waals surface area contributed by atoms with E-state index in [1.165, 1.54) is 0 Å². The van der Waals surface area contributed by atoms with Crippen LogP contribution in [0.2, 0.25) is 0 Å². The standard InChI is InChI=1S/C16H24IN3O2/c1-5-20(6-2)16(22)11-19(4)10-15(21)18-14-8-7-13(17)9-12(14)3/h7-9H,5-6,10-11H2,1-4H3,(H,18,21). The third-order valence-electron chi connectivity index (χ3n) is 3.40. The molecule has 1 aromatic carbocycles. The van der Waals surface area contributed by atoms with E-state index in [4.69, 9.17) is 0 Å². The maximum absolute atomic E-state index is 12.1. The van der Waals surface area contributed by atoms with Gasteiger partial charge in [-0.25, -0.2) is 0 Å². The molecule has 1 aromatic rings. The average Bonchev–Trinajstić information content (AvgIpc) is 2.43. The summed E-state index contributed by atoms with van der Waals surface area (Å²) in [6.07, 6.45) is 0. The van der Waals surface area contributed by atoms with Crippen molar-refractivity contribution in [3.8, 4) is 0 Å². The van der Waals surface area contributed by atoms with Gasteiger partial charge in [0.15, 0.2) is 0 Å². The maximum Gasteiger partial charge on any atom is 0.238 e. The van der Waals surface area contributed by atoms with Gasteiger partial charge in [0.05, 0.1) is 13.1 Å². The summed E-state index contributed by atoms with van der Waals surface area (Å²) in [5.74, 6) is -0.0649. The van der Waals surface area contributed by atoms with Crippen molar-refractivity contribution < 1.29 is 9.59 Å². The Morgan fingerprint density at radius 1 is 1.18 bits per heavy atom. The Morgan fingerprint density at radius 3 is 2.36 bits per heavy atom. The van der Waals surface area contributed by atoms with Gasteiger partial charge < -0.3 is 10.2 Å². The van der Waals surface area contributed by atoms with E-state index in [0.717, 1.165) is 14.8 Å². The summed E-state index contributed by atoms with van der Waals surface area (Å²) in [6, 6.07) is 5.87. The monoisotopic (exact) mass is 417 g/mol. The molecule has 5 nitrogen and oxygen atoms in total. The van der Waals surface area contributed by atoms with Crippen molar-refractivity contribution in [2.24, 2.45) is 0 Å². The number of hydrogen-bond donors (Lipinski definition) is 1. The Kier molecular flexibility index (Phi) is 7.81. The topological polar surface area (TPSA) is 52.7 Å². The minimum absolute atomic E-state index is 0.0470. The Morgan fingerprint density at radius 2 is 1.82 bits per heavy atom. The Balaban J connectivity index is 2.52. The van der Waals surface area contributed by atoms with E-state index < -0.39 is 0 Å². The molecule has 0 bridgehead atoms. The summed E-state index contributed by atoms with van der Waals surface area (Å²) in [5.41, 5.74) is 1.84. The van der Waals surface area contributed by atoms with Gasteiger partial charge >= 0.3 is 0 Å². The molecule has 0 fully saturated rings. The summed E-state index contributed by atoms with van der Waals surface area (Å²) in [4.78, 5) is 27.6. The number of anilines is 1. The van der Waals surface area contributed by atoms with E-state index in [1.54, 1.807) is 16.8 Å². The van der Waals surface area contributed by atoms with Crippen LogP contribution < -0.4 is 5.32 Å². The maximum atomic E-state index is 12.1. The van der Waals surface area contributed by atoms with Gasteiger partial charge in [0, 0.05) is 22.3 Å². The highest BCUT2D eigenvalue weighted by Gasteiger charge is 2.15. The minimum atomic E-state index is -0.112. The van der Waals surface area contributed by atoms with Gasteiger partial charge in [-0.05, 0) is 74.2 Å². The molecule has 6 heteroatoms. The first-order valence-electron chi connectivity index (χ1n) is 7.39. The summed E-state index contributed by atoms with van der Waals surface area (Å²) in [7, 11) is 1.78. The van der Waals surface area contributed by atoms with Crippen molar-refractivity contribution in [2.75, 3.05) is 38.5 Å². The molecule has 0 saturated heterocycles. The fourth-order valence-corrected chi connectivity index (χ4v) is 2.81. The van der Waals surface area contributed by atoms with E-state index in [1.807, 2.05) is 39.0 Å². The van der Waals surface area contributed by atoms with Crippen molar-refractivity contribution in [1.82, 2.24) is 9.80 Å². The third-order valence-corrected chi connectivity index (χ3v) is 4.07. The number of nitrogens with one attached hydrogen (secondary N) is 1. The number of carbonyl (C=O) groups excluding carboxylic acids is 2. The van der Waals surface area contributed by atoms with E-state index in [-0.39, 0.29) is 24.9 Å². The average molecular weight is 417 g/mol. The number of amides is 2. The lowest BCUT2D eigenvalue weighted by molar-refractivity contribution is -0.132. The van der Waals surface area contributed by atoms with Crippen molar-refractivity contribution in [3.63, 3.8) is 0 Å². The zero-order valence-corrected chi connectivity index (χ0v) is 15.8. The second-order valence-electron chi connectivity index (χ2n) is 5.25. The molecule has 0 unspecified atom stereocenters. The normalized spacial score (nSPS) is 10.6. The van der Waals surface area contributed by atoms with E-state index in [0.29, 0.717) is 13.1 Å². The Bertz CT molecular complexity index is 530. The highest BCUT2D eigenvalue weighted by molar-refractivity contribution is 14.1. The van der Waals surface area contributed by atoms with Crippen LogP contribution in [0, 0.1) is 10.5 Å². The van der Waals surface area contributed by atoms with Crippen molar-refractivity contribution in [3.05, 3.63) is 27.3 Å². The van der Waals surface area contributed by atoms with Crippen molar-refractivity contribution in [1.29, 1.82) is 0 Å². The van der Waals surface area contributed by atoms with Crippen LogP contribution in [0.1, 0.15) is 19.4 Å². The van der Waals surface area contributed by atoms with Crippen LogP contribution in [0.5, 0.6) is 0 Å². The lowest BCUT2D eigenvalue weighted by atomic mass is 10.2. The van der Waals surface area contributed by atoms with Crippen LogP contribution >= 0.6 is 22.6 Å². The van der Waals surface area contributed by atoms with Crippen LogP contribution in [-0.4, -0.2) is 54.8 Å². The van der Waals surface area contributed by atoms with E-state index >= 15 is 0 Å². The van der Waals surface area contributed by atoms with Gasteiger partial charge in [-0.3, -0.25) is 14.5 Å². The number of nitrogens with zero attached hydrogens (tertiary/aromatic N) is 2. The molecule has 0 spiro atoms. The van der Waals surface area contributed by atoms with Gasteiger partial charge in [0.2, 0.25) is 11.8 Å². The molecule has 0 aliphatic carbocycles. The smallest absolute Gasteiger partial charge is 0.238 e. The zero-order chi connectivity index (χ0) is 16.7. The number of benzene rings is 1. The van der Waals surface area contributed by atoms with Crippen LogP contribution in [0.4, 0.5) is 5.69 Å². The van der Waals surface area contributed by atoms with Gasteiger partial charge in [-0.15, -0.1) is 0 Å². The van der Waals surface area contributed by atoms with Gasteiger partial charge in [0.1, 0.15) is 0 Å². The predicted molar refractivity (Wildman–Crippen MR) is 98.0 cm³/mol. The number of halogens is 1. The molecule has 0 aromatic heterocycles. The fraction of sp³-hybridized carbons (Fsp3) is 0.500. The summed E-state index contributed by atoms with van der Waals surface area (Å²) < 4.78 is 1.13. The highest BCUT2D eigenvalue weighted by atomic mass is 127. The number of likely N-dealkylation sites (N-methyl/N-ethyl adjacent to an activating group) is 2. The molecule has 22 heavy (non-hydrogen) atoms. The molecule has 0 heterocycles. The van der Waals surface area contributed by atoms with Crippen molar-refractivity contribution >= 4 is 40.1 Å². The van der Waals surface area contributed by atoms with Crippen LogP contribution in [-0.2, 0) is 9.59 Å². The molecule has 0 aliphatic heterocycles. The zero-order valence-electron chi connectivity index (χ0n) is 13.6. The highest BCUT2D eigenvalue weighted by Crippen LogP contribution is 2.17. The molecule has 122 valence electrons. The summed E-state index contributed by atoms with van der Waals surface area (Å²) in [5, 5.41) is 2.89. The molecule has 2 amide bonds. The van der Waals surface area contributed by atoms with Crippen LogP contribution in [0.3, 0.4) is 0 Å². The number of aryl methyl sites for hydroxylation is 1. The summed E-state index contributed by atoms with van der Waals surface area (Å²) in [6.45, 7) is 7.69. The number of hydrogen-bond acceptors (Lipinski definition) is 3. The molecule has 0 aliphatic rings. The van der Waals surface area contributed by atoms with Gasteiger partial charge in [0.25, 0.3) is 0 Å². The van der Waals surface area contributed by atoms with Gasteiger partial charge in [-0.1, -0.05) is 0 Å². The van der Waals surface area contributed by atoms with Gasteiger partial charge in [-0.2, -0.15) is 0 Å². The predicted octanol–water partition coefficient (Wildman–Crippen LogP) is 2.34. The summed E-state index contributed by atoms with van der Waals surface area (Å²) >= 11 is 2.24. The first kappa shape index (κ1) is 18.9. The molecule has 0 radical (unpaired) electrons. The first-order chi connectivity index (χ1) is 10.4. The molecule has 0 atom stereocenters. The van der Waals surface area contributed by atoms with Crippen LogP contribution in [0.15, 0.2) is 18.2 Å². The number of rotatable bonds is 7. The lowest BCUT2D eigenvalue weighted by Gasteiger charge is -2.22. The lowest BCUT2D eigenvalue weighted by Crippen LogP contribution is -2.41. The van der Waals surface area contributed by atoms with Crippen LogP contribution in [0.25, 0.3) is 0 Å². The van der Waals surface area contributed by atoms with E-state index in [9.17, 15) is 9.59 Å². The second kappa shape index (κ2) is 9.09. The molecule has 1 N–H and O–H groups in total. The minimum Gasteiger partial charge on any atom is -0.342 e. The van der Waals surface area contributed by atoms with E-state index in [2.05, 4.69) is 27.9 Å². The number of carbonyl (C=O) groups is 2. The molecular formula is C16H24IN3O2. The molecule has 0 saturated carbocycles. The third kappa shape index (κ3) is 5.92. The largest absolute Gasteiger partial charge is 0.342 e. The van der Waals surface area contributed by atoms with Crippen molar-refractivity contribution in [2.45, 2.75) is 20.8 Å². The molecule has 1 rings (SSSR count). The molecular weight excluding hydrogens is 393 g/mol. The first-order valence-corrected chi connectivity index (χ1v) is 8.47. The Hall–Kier alpha value is -1.15.